The number of nitrogens with two attached hydrogens (primary N) is 1. The van der Waals surface area contributed by atoms with E-state index < -0.39 is 11.7 Å². The topological polar surface area (TPSA) is 94.0 Å². The van der Waals surface area contributed by atoms with E-state index in [1.54, 1.807) is 13.8 Å². The Balaban J connectivity index is 2.37. The molecule has 0 fully saturated rings. The number of anilines is 2. The van der Waals surface area contributed by atoms with E-state index in [4.69, 9.17) is 10.2 Å². The molecule has 0 aliphatic heterocycles. The predicted molar refractivity (Wildman–Crippen MR) is 70.2 cm³/mol. The molecule has 1 aromatic carbocycles. The minimum absolute atomic E-state index is 0.0946. The van der Waals surface area contributed by atoms with Crippen molar-refractivity contribution in [1.29, 1.82) is 0 Å². The molecular formula is C11H10BrFN4O2. The molecule has 8 heteroatoms. The first-order valence-electron chi connectivity index (χ1n) is 5.25. The standard InChI is InChI=1S/C11H10BrFN4O2/c1-4-8(7(13)3-6(12)9(4)14)10(18)15-11-17-16-5(2)19-11/h3H,14H2,1-2H3,(H,15,17,18). The predicted octanol–water partition coefficient (Wildman–Crippen LogP) is 2.42. The van der Waals surface area contributed by atoms with Gasteiger partial charge in [-0.15, -0.1) is 5.10 Å². The van der Waals surface area contributed by atoms with Gasteiger partial charge in [-0.3, -0.25) is 10.1 Å². The number of aryl methyl sites for hydroxylation is 1. The number of halogens is 2. The molecule has 0 bridgehead atoms. The summed E-state index contributed by atoms with van der Waals surface area (Å²) in [6.07, 6.45) is 0. The number of hydrogen-bond acceptors (Lipinski definition) is 5. The number of carbonyl (C=O) groups excluding carboxylic acids is 1. The molecule has 3 N–H and O–H groups in total. The number of aromatic nitrogens is 2. The van der Waals surface area contributed by atoms with Crippen LogP contribution in [0.3, 0.4) is 0 Å². The van der Waals surface area contributed by atoms with Crippen LogP contribution in [-0.4, -0.2) is 16.1 Å². The first kappa shape index (κ1) is 13.5. The fourth-order valence-electron chi connectivity index (χ4n) is 1.54. The lowest BCUT2D eigenvalue weighted by atomic mass is 10.1. The number of nitrogen functional groups attached to an aromatic ring is 1. The molecule has 0 unspecified atom stereocenters. The van der Waals surface area contributed by atoms with Crippen molar-refractivity contribution in [3.63, 3.8) is 0 Å². The molecule has 0 saturated carbocycles. The Morgan fingerprint density at radius 3 is 2.74 bits per heavy atom. The molecule has 100 valence electrons. The average molecular weight is 329 g/mol. The van der Waals surface area contributed by atoms with Crippen LogP contribution < -0.4 is 11.1 Å². The quantitative estimate of drug-likeness (QED) is 0.825. The summed E-state index contributed by atoms with van der Waals surface area (Å²) in [6, 6.07) is 1.04. The maximum Gasteiger partial charge on any atom is 0.322 e. The summed E-state index contributed by atoms with van der Waals surface area (Å²) in [5.74, 6) is -1.09. The van der Waals surface area contributed by atoms with Gasteiger partial charge in [0, 0.05) is 17.1 Å². The molecule has 2 aromatic rings. The van der Waals surface area contributed by atoms with Crippen LogP contribution >= 0.6 is 15.9 Å². The summed E-state index contributed by atoms with van der Waals surface area (Å²) in [7, 11) is 0. The third-order valence-corrected chi connectivity index (χ3v) is 3.16. The van der Waals surface area contributed by atoms with E-state index in [0.717, 1.165) is 6.07 Å². The lowest BCUT2D eigenvalue weighted by Crippen LogP contribution is -2.17. The highest BCUT2D eigenvalue weighted by Gasteiger charge is 2.20. The van der Waals surface area contributed by atoms with Crippen molar-refractivity contribution in [3.05, 3.63) is 33.4 Å². The Labute approximate surface area is 116 Å². The Morgan fingerprint density at radius 1 is 1.47 bits per heavy atom. The van der Waals surface area contributed by atoms with Gasteiger partial charge >= 0.3 is 6.01 Å². The molecule has 0 aliphatic rings. The van der Waals surface area contributed by atoms with Gasteiger partial charge in [0.2, 0.25) is 5.89 Å². The largest absolute Gasteiger partial charge is 0.408 e. The van der Waals surface area contributed by atoms with E-state index in [2.05, 4.69) is 31.4 Å². The number of amides is 1. The fourth-order valence-corrected chi connectivity index (χ4v) is 2.04. The van der Waals surface area contributed by atoms with Gasteiger partial charge in [0.1, 0.15) is 5.82 Å². The SMILES string of the molecule is Cc1nnc(NC(=O)c2c(F)cc(Br)c(N)c2C)o1. The molecule has 1 aromatic heterocycles. The van der Waals surface area contributed by atoms with Gasteiger partial charge in [0.15, 0.2) is 0 Å². The van der Waals surface area contributed by atoms with Gasteiger partial charge in [-0.05, 0) is 34.5 Å². The molecule has 0 atom stereocenters. The van der Waals surface area contributed by atoms with Crippen molar-refractivity contribution >= 4 is 33.5 Å². The van der Waals surface area contributed by atoms with Crippen LogP contribution in [0.5, 0.6) is 0 Å². The van der Waals surface area contributed by atoms with Gasteiger partial charge in [0.05, 0.1) is 5.56 Å². The monoisotopic (exact) mass is 328 g/mol. The molecule has 0 saturated heterocycles. The first-order valence-corrected chi connectivity index (χ1v) is 6.05. The summed E-state index contributed by atoms with van der Waals surface area (Å²) < 4.78 is 19.2. The van der Waals surface area contributed by atoms with Gasteiger partial charge in [0.25, 0.3) is 5.91 Å². The smallest absolute Gasteiger partial charge is 0.322 e. The number of rotatable bonds is 2. The first-order chi connectivity index (χ1) is 8.90. The molecule has 6 nitrogen and oxygen atoms in total. The highest BCUT2D eigenvalue weighted by molar-refractivity contribution is 9.10. The van der Waals surface area contributed by atoms with Crippen molar-refractivity contribution in [2.45, 2.75) is 13.8 Å². The molecule has 0 aliphatic carbocycles. The maximum atomic E-state index is 13.8. The molecule has 19 heavy (non-hydrogen) atoms. The zero-order chi connectivity index (χ0) is 14.2. The van der Waals surface area contributed by atoms with Crippen LogP contribution in [0.1, 0.15) is 21.8 Å². The zero-order valence-corrected chi connectivity index (χ0v) is 11.7. The Morgan fingerprint density at radius 2 is 2.16 bits per heavy atom. The highest BCUT2D eigenvalue weighted by Crippen LogP contribution is 2.28. The number of benzene rings is 1. The van der Waals surface area contributed by atoms with Gasteiger partial charge in [-0.1, -0.05) is 5.10 Å². The van der Waals surface area contributed by atoms with Crippen molar-refractivity contribution in [2.24, 2.45) is 0 Å². The summed E-state index contributed by atoms with van der Waals surface area (Å²) in [5.41, 5.74) is 6.22. The van der Waals surface area contributed by atoms with E-state index in [9.17, 15) is 9.18 Å². The molecule has 1 amide bonds. The average Bonchev–Trinajstić information content (AvgIpc) is 2.72. The number of carbonyl (C=O) groups is 1. The molecule has 0 spiro atoms. The van der Waals surface area contributed by atoms with E-state index >= 15 is 0 Å². The highest BCUT2D eigenvalue weighted by atomic mass is 79.9. The molecular weight excluding hydrogens is 319 g/mol. The van der Waals surface area contributed by atoms with E-state index in [1.165, 1.54) is 0 Å². The van der Waals surface area contributed by atoms with Crippen LogP contribution in [0.25, 0.3) is 0 Å². The van der Waals surface area contributed by atoms with Crippen molar-refractivity contribution in [1.82, 2.24) is 10.2 Å². The van der Waals surface area contributed by atoms with Gasteiger partial charge < -0.3 is 10.2 Å². The second-order valence-electron chi connectivity index (χ2n) is 3.83. The van der Waals surface area contributed by atoms with E-state index in [0.29, 0.717) is 21.6 Å². The van der Waals surface area contributed by atoms with E-state index in [-0.39, 0.29) is 11.6 Å². The Kier molecular flexibility index (Phi) is 3.52. The lowest BCUT2D eigenvalue weighted by molar-refractivity contribution is 0.101. The molecule has 2 rings (SSSR count). The van der Waals surface area contributed by atoms with Crippen LogP contribution in [0.2, 0.25) is 0 Å². The second kappa shape index (κ2) is 4.96. The molecule has 1 heterocycles. The van der Waals surface area contributed by atoms with Crippen LogP contribution in [-0.2, 0) is 0 Å². The third-order valence-electron chi connectivity index (χ3n) is 2.50. The second-order valence-corrected chi connectivity index (χ2v) is 4.69. The van der Waals surface area contributed by atoms with Gasteiger partial charge in [-0.25, -0.2) is 4.39 Å². The van der Waals surface area contributed by atoms with Gasteiger partial charge in [-0.2, -0.15) is 0 Å². The third kappa shape index (κ3) is 2.58. The molecule has 0 radical (unpaired) electrons. The summed E-state index contributed by atoms with van der Waals surface area (Å²) in [5, 5.41) is 9.47. The maximum absolute atomic E-state index is 13.8. The summed E-state index contributed by atoms with van der Waals surface area (Å²) in [4.78, 5) is 12.0. The van der Waals surface area contributed by atoms with Crippen molar-refractivity contribution in [3.8, 4) is 0 Å². The summed E-state index contributed by atoms with van der Waals surface area (Å²) >= 11 is 3.11. The fraction of sp³-hybridized carbons (Fsp3) is 0.182. The zero-order valence-electron chi connectivity index (χ0n) is 10.1. The number of nitrogens with zero attached hydrogens (tertiary/aromatic N) is 2. The van der Waals surface area contributed by atoms with E-state index in [1.807, 2.05) is 0 Å². The minimum atomic E-state index is -0.696. The van der Waals surface area contributed by atoms with Crippen LogP contribution in [0.4, 0.5) is 16.1 Å². The van der Waals surface area contributed by atoms with Crippen LogP contribution in [0, 0.1) is 19.7 Å². The number of hydrogen-bond donors (Lipinski definition) is 2. The van der Waals surface area contributed by atoms with Crippen LogP contribution in [0.15, 0.2) is 15.0 Å². The normalized spacial score (nSPS) is 10.5. The Hall–Kier alpha value is -1.96. The number of nitrogens with one attached hydrogen (secondary N) is 1. The Bertz CT molecular complexity index is 656. The minimum Gasteiger partial charge on any atom is -0.408 e. The lowest BCUT2D eigenvalue weighted by Gasteiger charge is -2.10. The summed E-state index contributed by atoms with van der Waals surface area (Å²) in [6.45, 7) is 3.13. The van der Waals surface area contributed by atoms with Crippen molar-refractivity contribution < 1.29 is 13.6 Å². The van der Waals surface area contributed by atoms with Crippen molar-refractivity contribution in [2.75, 3.05) is 11.1 Å².